The van der Waals surface area contributed by atoms with Crippen molar-refractivity contribution in [3.63, 3.8) is 0 Å². The van der Waals surface area contributed by atoms with Gasteiger partial charge in [-0.1, -0.05) is 24.6 Å². The molecule has 2 bridgehead atoms. The first-order valence-corrected chi connectivity index (χ1v) is 5.71. The van der Waals surface area contributed by atoms with Crippen LogP contribution in [-0.2, 0) is 0 Å². The van der Waals surface area contributed by atoms with Gasteiger partial charge in [0.05, 0.1) is 0 Å². The molecule has 0 aromatic rings. The molecule has 0 aromatic carbocycles. The van der Waals surface area contributed by atoms with Crippen LogP contribution in [0.25, 0.3) is 0 Å². The van der Waals surface area contributed by atoms with Crippen LogP contribution in [0.3, 0.4) is 0 Å². The summed E-state index contributed by atoms with van der Waals surface area (Å²) in [5, 5.41) is 0. The Morgan fingerprint density at radius 1 is 1.15 bits per heavy atom. The molecule has 2 saturated carbocycles. The van der Waals surface area contributed by atoms with Crippen molar-refractivity contribution in [1.82, 2.24) is 0 Å². The lowest BCUT2D eigenvalue weighted by atomic mass is 9.67. The average Bonchev–Trinajstić information content (AvgIpc) is 2.77. The van der Waals surface area contributed by atoms with Gasteiger partial charge in [-0.3, -0.25) is 0 Å². The molecule has 0 radical (unpaired) electrons. The Kier molecular flexibility index (Phi) is 1.65. The van der Waals surface area contributed by atoms with E-state index in [1.165, 1.54) is 25.7 Å². The summed E-state index contributed by atoms with van der Waals surface area (Å²) >= 11 is 0. The zero-order valence-electron chi connectivity index (χ0n) is 8.15. The van der Waals surface area contributed by atoms with Crippen LogP contribution < -0.4 is 0 Å². The van der Waals surface area contributed by atoms with E-state index >= 15 is 0 Å². The number of hydrogen-bond acceptors (Lipinski definition) is 0. The highest BCUT2D eigenvalue weighted by molar-refractivity contribution is 5.16. The number of rotatable bonds is 1. The minimum atomic E-state index is 0.832. The SMILES string of the molecule is C=CC1CCCC2C3C=CC(C3)C12. The van der Waals surface area contributed by atoms with Crippen molar-refractivity contribution in [1.29, 1.82) is 0 Å². The van der Waals surface area contributed by atoms with E-state index in [0.29, 0.717) is 0 Å². The Morgan fingerprint density at radius 3 is 2.85 bits per heavy atom. The normalized spacial score (nSPS) is 52.2. The number of allylic oxidation sites excluding steroid dienone is 3. The molecule has 70 valence electrons. The van der Waals surface area contributed by atoms with E-state index in [9.17, 15) is 0 Å². The lowest BCUT2D eigenvalue weighted by Gasteiger charge is -2.37. The second kappa shape index (κ2) is 2.73. The predicted octanol–water partition coefficient (Wildman–Crippen LogP) is 3.41. The topological polar surface area (TPSA) is 0 Å². The van der Waals surface area contributed by atoms with Gasteiger partial charge in [0.2, 0.25) is 0 Å². The fraction of sp³-hybridized carbons (Fsp3) is 0.692. The minimum Gasteiger partial charge on any atom is -0.103 e. The first-order valence-electron chi connectivity index (χ1n) is 5.71. The Labute approximate surface area is 80.7 Å². The molecule has 0 N–H and O–H groups in total. The van der Waals surface area contributed by atoms with Crippen LogP contribution in [0, 0.1) is 29.6 Å². The molecule has 0 spiro atoms. The van der Waals surface area contributed by atoms with Crippen LogP contribution in [0.15, 0.2) is 24.8 Å². The van der Waals surface area contributed by atoms with Crippen LogP contribution >= 0.6 is 0 Å². The summed E-state index contributed by atoms with van der Waals surface area (Å²) in [7, 11) is 0. The summed E-state index contributed by atoms with van der Waals surface area (Å²) in [5.41, 5.74) is 0. The molecule has 0 heterocycles. The van der Waals surface area contributed by atoms with E-state index in [4.69, 9.17) is 0 Å². The standard InChI is InChI=1S/C13H18/c1-2-9-4-3-5-12-10-6-7-11(8-10)13(9)12/h2,6-7,9-13H,1,3-5,8H2. The average molecular weight is 174 g/mol. The minimum absolute atomic E-state index is 0.832. The summed E-state index contributed by atoms with van der Waals surface area (Å²) < 4.78 is 0. The Morgan fingerprint density at radius 2 is 2.00 bits per heavy atom. The molecule has 0 amide bonds. The maximum atomic E-state index is 4.00. The Hall–Kier alpha value is -0.520. The zero-order chi connectivity index (χ0) is 8.84. The van der Waals surface area contributed by atoms with Crippen LogP contribution in [0.4, 0.5) is 0 Å². The lowest BCUT2D eigenvalue weighted by molar-refractivity contribution is 0.171. The maximum absolute atomic E-state index is 4.00. The van der Waals surface area contributed by atoms with Gasteiger partial charge in [0.25, 0.3) is 0 Å². The van der Waals surface area contributed by atoms with Gasteiger partial charge in [0, 0.05) is 0 Å². The first kappa shape index (κ1) is 7.84. The molecule has 5 unspecified atom stereocenters. The van der Waals surface area contributed by atoms with E-state index in [2.05, 4.69) is 24.8 Å². The molecule has 0 aliphatic heterocycles. The van der Waals surface area contributed by atoms with Crippen molar-refractivity contribution >= 4 is 0 Å². The highest BCUT2D eigenvalue weighted by atomic mass is 14.5. The van der Waals surface area contributed by atoms with E-state index in [1.54, 1.807) is 0 Å². The molecule has 0 heteroatoms. The summed E-state index contributed by atoms with van der Waals surface area (Å²) in [6, 6.07) is 0. The van der Waals surface area contributed by atoms with Gasteiger partial charge < -0.3 is 0 Å². The molecule has 0 saturated heterocycles. The quantitative estimate of drug-likeness (QED) is 0.534. The van der Waals surface area contributed by atoms with Crippen LogP contribution in [0.2, 0.25) is 0 Å². The third kappa shape index (κ3) is 0.978. The highest BCUT2D eigenvalue weighted by Crippen LogP contribution is 2.56. The molecule has 3 aliphatic rings. The Bertz CT molecular complexity index is 251. The molecule has 0 nitrogen and oxygen atoms in total. The molecular formula is C13H18. The van der Waals surface area contributed by atoms with Gasteiger partial charge in [-0.2, -0.15) is 0 Å². The van der Waals surface area contributed by atoms with E-state index in [-0.39, 0.29) is 0 Å². The van der Waals surface area contributed by atoms with Crippen molar-refractivity contribution < 1.29 is 0 Å². The smallest absolute Gasteiger partial charge is 0.0191 e. The fourth-order valence-electron chi connectivity index (χ4n) is 4.06. The number of hydrogen-bond donors (Lipinski definition) is 0. The second-order valence-corrected chi connectivity index (χ2v) is 5.02. The lowest BCUT2D eigenvalue weighted by Crippen LogP contribution is -2.30. The van der Waals surface area contributed by atoms with Crippen molar-refractivity contribution in [3.8, 4) is 0 Å². The summed E-state index contributed by atoms with van der Waals surface area (Å²) in [4.78, 5) is 0. The molecule has 2 fully saturated rings. The summed E-state index contributed by atoms with van der Waals surface area (Å²) in [6.45, 7) is 4.00. The summed E-state index contributed by atoms with van der Waals surface area (Å²) in [5.74, 6) is 4.68. The van der Waals surface area contributed by atoms with Gasteiger partial charge >= 0.3 is 0 Å². The largest absolute Gasteiger partial charge is 0.103 e. The van der Waals surface area contributed by atoms with Crippen molar-refractivity contribution in [2.75, 3.05) is 0 Å². The van der Waals surface area contributed by atoms with Gasteiger partial charge in [0.1, 0.15) is 0 Å². The highest BCUT2D eigenvalue weighted by Gasteiger charge is 2.48. The predicted molar refractivity (Wildman–Crippen MR) is 55.3 cm³/mol. The van der Waals surface area contributed by atoms with Gasteiger partial charge in [-0.25, -0.2) is 0 Å². The van der Waals surface area contributed by atoms with E-state index in [0.717, 1.165) is 29.6 Å². The third-order valence-electron chi connectivity index (χ3n) is 4.56. The van der Waals surface area contributed by atoms with Crippen molar-refractivity contribution in [2.24, 2.45) is 29.6 Å². The number of fused-ring (bicyclic) bond motifs is 5. The van der Waals surface area contributed by atoms with Crippen LogP contribution in [0.1, 0.15) is 25.7 Å². The van der Waals surface area contributed by atoms with Crippen LogP contribution in [0.5, 0.6) is 0 Å². The van der Waals surface area contributed by atoms with Gasteiger partial charge in [-0.05, 0) is 48.9 Å². The fourth-order valence-corrected chi connectivity index (χ4v) is 4.06. The molecule has 13 heavy (non-hydrogen) atoms. The maximum Gasteiger partial charge on any atom is -0.0191 e. The first-order chi connectivity index (χ1) is 6.40. The molecule has 3 rings (SSSR count). The van der Waals surface area contributed by atoms with Gasteiger partial charge in [-0.15, -0.1) is 6.58 Å². The van der Waals surface area contributed by atoms with Crippen molar-refractivity contribution in [3.05, 3.63) is 24.8 Å². The second-order valence-electron chi connectivity index (χ2n) is 5.02. The van der Waals surface area contributed by atoms with Crippen LogP contribution in [-0.4, -0.2) is 0 Å². The van der Waals surface area contributed by atoms with Gasteiger partial charge in [0.15, 0.2) is 0 Å². The third-order valence-corrected chi connectivity index (χ3v) is 4.56. The van der Waals surface area contributed by atoms with Crippen molar-refractivity contribution in [2.45, 2.75) is 25.7 Å². The van der Waals surface area contributed by atoms with E-state index < -0.39 is 0 Å². The van der Waals surface area contributed by atoms with E-state index in [1.807, 2.05) is 0 Å². The summed E-state index contributed by atoms with van der Waals surface area (Å²) in [6.07, 6.45) is 13.0. The molecule has 3 aliphatic carbocycles. The molecule has 5 atom stereocenters. The zero-order valence-corrected chi connectivity index (χ0v) is 8.15. The molecular weight excluding hydrogens is 156 g/mol. The molecule has 0 aromatic heterocycles. The monoisotopic (exact) mass is 174 g/mol. The Balaban J connectivity index is 1.91.